The van der Waals surface area contributed by atoms with Crippen LogP contribution in [0.2, 0.25) is 0 Å². The summed E-state index contributed by atoms with van der Waals surface area (Å²) in [5.74, 6) is 0.360. The zero-order valence-corrected chi connectivity index (χ0v) is 11.7. The Hall–Kier alpha value is -1.59. The number of nitrogens with one attached hydrogen (secondary N) is 1. The zero-order chi connectivity index (χ0) is 14.2. The van der Waals surface area contributed by atoms with Gasteiger partial charge in [-0.2, -0.15) is 0 Å². The number of hydrogen-bond donors (Lipinski definition) is 2. The van der Waals surface area contributed by atoms with Gasteiger partial charge in [-0.15, -0.1) is 0 Å². The second-order valence-corrected chi connectivity index (χ2v) is 4.97. The minimum absolute atomic E-state index is 0.0928. The fourth-order valence-corrected chi connectivity index (χ4v) is 2.18. The van der Waals surface area contributed by atoms with E-state index < -0.39 is 0 Å². The summed E-state index contributed by atoms with van der Waals surface area (Å²) in [6.07, 6.45) is 1.32. The Morgan fingerprint density at radius 1 is 1.25 bits per heavy atom. The van der Waals surface area contributed by atoms with Gasteiger partial charge in [-0.05, 0) is 24.1 Å². The third-order valence-electron chi connectivity index (χ3n) is 3.43. The van der Waals surface area contributed by atoms with Gasteiger partial charge < -0.3 is 15.2 Å². The number of ether oxygens (including phenoxy) is 1. The molecular formula is C15H22N2O3. The lowest BCUT2D eigenvalue weighted by molar-refractivity contribution is -0.121. The molecule has 110 valence electrons. The monoisotopic (exact) mass is 278 g/mol. The van der Waals surface area contributed by atoms with Crippen molar-refractivity contribution in [2.45, 2.75) is 12.8 Å². The van der Waals surface area contributed by atoms with Crippen molar-refractivity contribution >= 4 is 5.91 Å². The van der Waals surface area contributed by atoms with Crippen LogP contribution >= 0.6 is 0 Å². The van der Waals surface area contributed by atoms with E-state index in [0.29, 0.717) is 13.0 Å². The molecule has 1 aliphatic rings. The van der Waals surface area contributed by atoms with Crippen LogP contribution in [0.4, 0.5) is 0 Å². The summed E-state index contributed by atoms with van der Waals surface area (Å²) in [6, 6.07) is 7.07. The van der Waals surface area contributed by atoms with Gasteiger partial charge in [0, 0.05) is 32.6 Å². The molecule has 1 aromatic rings. The van der Waals surface area contributed by atoms with Gasteiger partial charge in [-0.25, -0.2) is 0 Å². The summed E-state index contributed by atoms with van der Waals surface area (Å²) in [4.78, 5) is 14.0. The number of carbonyl (C=O) groups is 1. The maximum Gasteiger partial charge on any atom is 0.221 e. The first-order valence-corrected chi connectivity index (χ1v) is 7.09. The van der Waals surface area contributed by atoms with Gasteiger partial charge in [-0.1, -0.05) is 12.1 Å². The molecule has 0 atom stereocenters. The van der Waals surface area contributed by atoms with Gasteiger partial charge in [0.05, 0.1) is 13.2 Å². The number of hydrogen-bond acceptors (Lipinski definition) is 4. The van der Waals surface area contributed by atoms with Gasteiger partial charge in [0.1, 0.15) is 5.75 Å². The predicted octanol–water partition coefficient (Wildman–Crippen LogP) is 0.773. The number of carbonyl (C=O) groups excluding carboxylic acids is 1. The molecule has 1 aliphatic heterocycles. The minimum atomic E-state index is 0.0928. The molecule has 5 heteroatoms. The average molecular weight is 278 g/mol. The lowest BCUT2D eigenvalue weighted by Crippen LogP contribution is -2.39. The molecule has 0 unspecified atom stereocenters. The molecule has 0 saturated carbocycles. The van der Waals surface area contributed by atoms with Crippen molar-refractivity contribution in [3.8, 4) is 5.75 Å². The van der Waals surface area contributed by atoms with E-state index in [2.05, 4.69) is 10.2 Å². The van der Waals surface area contributed by atoms with Crippen LogP contribution in [0.1, 0.15) is 12.0 Å². The lowest BCUT2D eigenvalue weighted by Gasteiger charge is -2.26. The highest BCUT2D eigenvalue weighted by Gasteiger charge is 2.11. The van der Waals surface area contributed by atoms with Crippen molar-refractivity contribution in [2.75, 3.05) is 39.4 Å². The summed E-state index contributed by atoms with van der Waals surface area (Å²) in [5.41, 5.74) is 1.11. The highest BCUT2D eigenvalue weighted by atomic mass is 16.5. The van der Waals surface area contributed by atoms with Crippen molar-refractivity contribution in [1.82, 2.24) is 10.2 Å². The molecule has 0 spiro atoms. The van der Waals surface area contributed by atoms with Crippen molar-refractivity contribution in [3.05, 3.63) is 29.8 Å². The van der Waals surface area contributed by atoms with Crippen LogP contribution in [0.5, 0.6) is 5.75 Å². The molecule has 1 saturated heterocycles. The highest BCUT2D eigenvalue weighted by Crippen LogP contribution is 2.09. The Labute approximate surface area is 119 Å². The van der Waals surface area contributed by atoms with E-state index >= 15 is 0 Å². The smallest absolute Gasteiger partial charge is 0.221 e. The second-order valence-electron chi connectivity index (χ2n) is 4.97. The summed E-state index contributed by atoms with van der Waals surface area (Å²) in [5, 5.41) is 12.1. The van der Waals surface area contributed by atoms with Crippen LogP contribution < -0.4 is 5.32 Å². The van der Waals surface area contributed by atoms with Crippen molar-refractivity contribution in [2.24, 2.45) is 0 Å². The number of morpholine rings is 1. The molecule has 5 nitrogen and oxygen atoms in total. The first-order valence-electron chi connectivity index (χ1n) is 7.09. The molecule has 1 amide bonds. The third kappa shape index (κ3) is 5.19. The molecule has 2 rings (SSSR count). The maximum atomic E-state index is 11.7. The van der Waals surface area contributed by atoms with Gasteiger partial charge in [0.25, 0.3) is 0 Å². The van der Waals surface area contributed by atoms with E-state index in [9.17, 15) is 9.90 Å². The van der Waals surface area contributed by atoms with Crippen LogP contribution in [-0.4, -0.2) is 55.3 Å². The molecule has 0 aliphatic carbocycles. The van der Waals surface area contributed by atoms with E-state index in [1.165, 1.54) is 0 Å². The van der Waals surface area contributed by atoms with E-state index in [0.717, 1.165) is 44.8 Å². The molecule has 1 heterocycles. The fourth-order valence-electron chi connectivity index (χ4n) is 2.18. The third-order valence-corrected chi connectivity index (χ3v) is 3.43. The molecular weight excluding hydrogens is 256 g/mol. The van der Waals surface area contributed by atoms with Crippen molar-refractivity contribution in [3.63, 3.8) is 0 Å². The first-order chi connectivity index (χ1) is 9.74. The molecule has 0 radical (unpaired) electrons. The van der Waals surface area contributed by atoms with E-state index in [1.807, 2.05) is 12.1 Å². The summed E-state index contributed by atoms with van der Waals surface area (Å²) in [6.45, 7) is 4.80. The number of rotatable bonds is 6. The topological polar surface area (TPSA) is 61.8 Å². The Kier molecular flexibility index (Phi) is 5.83. The summed E-state index contributed by atoms with van der Waals surface area (Å²) in [7, 11) is 0. The van der Waals surface area contributed by atoms with Crippen LogP contribution in [0, 0.1) is 0 Å². The Morgan fingerprint density at radius 2 is 1.95 bits per heavy atom. The first kappa shape index (κ1) is 14.8. The maximum absolute atomic E-state index is 11.7. The van der Waals surface area contributed by atoms with Gasteiger partial charge >= 0.3 is 0 Å². The Morgan fingerprint density at radius 3 is 2.65 bits per heavy atom. The number of benzene rings is 1. The average Bonchev–Trinajstić information content (AvgIpc) is 2.48. The van der Waals surface area contributed by atoms with Crippen LogP contribution in [0.3, 0.4) is 0 Å². The Balaban J connectivity index is 1.58. The van der Waals surface area contributed by atoms with Gasteiger partial charge in [0.2, 0.25) is 5.91 Å². The molecule has 2 N–H and O–H groups in total. The number of nitrogens with zero attached hydrogens (tertiary/aromatic N) is 1. The van der Waals surface area contributed by atoms with Crippen LogP contribution in [0.25, 0.3) is 0 Å². The van der Waals surface area contributed by atoms with E-state index in [-0.39, 0.29) is 11.7 Å². The van der Waals surface area contributed by atoms with Gasteiger partial charge in [0.15, 0.2) is 0 Å². The quantitative estimate of drug-likeness (QED) is 0.807. The number of phenolic OH excluding ortho intramolecular Hbond substituents is 1. The normalized spacial score (nSPS) is 16.0. The van der Waals surface area contributed by atoms with Crippen LogP contribution in [0.15, 0.2) is 24.3 Å². The molecule has 1 aromatic carbocycles. The standard InChI is InChI=1S/C15H22N2O3/c18-14-3-1-13(2-4-14)5-7-16-15(19)6-8-17-9-11-20-12-10-17/h1-4,18H,5-12H2,(H,16,19). The van der Waals surface area contributed by atoms with E-state index in [1.54, 1.807) is 12.1 Å². The predicted molar refractivity (Wildman–Crippen MR) is 76.7 cm³/mol. The molecule has 1 fully saturated rings. The van der Waals surface area contributed by atoms with Crippen LogP contribution in [-0.2, 0) is 16.0 Å². The van der Waals surface area contributed by atoms with Crippen molar-refractivity contribution < 1.29 is 14.6 Å². The largest absolute Gasteiger partial charge is 0.508 e. The minimum Gasteiger partial charge on any atom is -0.508 e. The lowest BCUT2D eigenvalue weighted by atomic mass is 10.1. The SMILES string of the molecule is O=C(CCN1CCOCC1)NCCc1ccc(O)cc1. The summed E-state index contributed by atoms with van der Waals surface area (Å²) < 4.78 is 5.27. The Bertz CT molecular complexity index is 414. The van der Waals surface area contributed by atoms with Gasteiger partial charge in [-0.3, -0.25) is 9.69 Å². The molecule has 0 bridgehead atoms. The zero-order valence-electron chi connectivity index (χ0n) is 11.7. The fraction of sp³-hybridized carbons (Fsp3) is 0.533. The van der Waals surface area contributed by atoms with Crippen molar-refractivity contribution in [1.29, 1.82) is 0 Å². The number of phenols is 1. The second kappa shape index (κ2) is 7.87. The highest BCUT2D eigenvalue weighted by molar-refractivity contribution is 5.76. The molecule has 0 aromatic heterocycles. The number of aromatic hydroxyl groups is 1. The molecule has 20 heavy (non-hydrogen) atoms. The van der Waals surface area contributed by atoms with E-state index in [4.69, 9.17) is 4.74 Å². The summed E-state index contributed by atoms with van der Waals surface area (Å²) >= 11 is 0. The number of amides is 1.